The zero-order valence-corrected chi connectivity index (χ0v) is 14.0. The van der Waals surface area contributed by atoms with E-state index in [1.165, 1.54) is 0 Å². The fraction of sp³-hybridized carbons (Fsp3) is 0.933. The van der Waals surface area contributed by atoms with Gasteiger partial charge in [0.1, 0.15) is 0 Å². The zero-order chi connectivity index (χ0) is 13.8. The summed E-state index contributed by atoms with van der Waals surface area (Å²) in [6.07, 6.45) is 3.26. The van der Waals surface area contributed by atoms with Gasteiger partial charge in [0.25, 0.3) is 0 Å². The Morgan fingerprint density at radius 3 is 2.26 bits per heavy atom. The van der Waals surface area contributed by atoms with Crippen LogP contribution in [0, 0.1) is 17.3 Å². The quantitative estimate of drug-likeness (QED) is 0.844. The zero-order valence-electron chi connectivity index (χ0n) is 13.2. The second kappa shape index (κ2) is 8.11. The van der Waals surface area contributed by atoms with Crippen molar-refractivity contribution in [2.45, 2.75) is 47.0 Å². The Bertz CT molecular complexity index is 271. The highest BCUT2D eigenvalue weighted by Crippen LogP contribution is 2.29. The van der Waals surface area contributed by atoms with Crippen LogP contribution in [-0.2, 0) is 4.79 Å². The molecular formula is C15H31ClN2O. The smallest absolute Gasteiger partial charge is 0.228 e. The Labute approximate surface area is 124 Å². The van der Waals surface area contributed by atoms with Crippen LogP contribution in [0.1, 0.15) is 47.0 Å². The van der Waals surface area contributed by atoms with Crippen LogP contribution < -0.4 is 5.32 Å². The van der Waals surface area contributed by atoms with Gasteiger partial charge < -0.3 is 10.2 Å². The summed E-state index contributed by atoms with van der Waals surface area (Å²) >= 11 is 0. The number of hydrogen-bond acceptors (Lipinski definition) is 2. The van der Waals surface area contributed by atoms with Crippen LogP contribution in [0.25, 0.3) is 0 Å². The fourth-order valence-corrected chi connectivity index (χ4v) is 3.16. The number of rotatable bonds is 5. The minimum atomic E-state index is -0.204. The van der Waals surface area contributed by atoms with Crippen molar-refractivity contribution in [1.82, 2.24) is 10.2 Å². The third-order valence-corrected chi connectivity index (χ3v) is 3.89. The maximum absolute atomic E-state index is 12.5. The molecule has 3 nitrogen and oxygen atoms in total. The Morgan fingerprint density at radius 2 is 1.84 bits per heavy atom. The summed E-state index contributed by atoms with van der Waals surface area (Å²) in [7, 11) is 2.00. The van der Waals surface area contributed by atoms with Gasteiger partial charge in [-0.2, -0.15) is 0 Å². The van der Waals surface area contributed by atoms with Gasteiger partial charge in [0.15, 0.2) is 0 Å². The van der Waals surface area contributed by atoms with Crippen molar-refractivity contribution in [1.29, 1.82) is 0 Å². The van der Waals surface area contributed by atoms with E-state index in [4.69, 9.17) is 0 Å². The van der Waals surface area contributed by atoms with Gasteiger partial charge in [0.2, 0.25) is 5.91 Å². The number of carbonyl (C=O) groups is 1. The van der Waals surface area contributed by atoms with E-state index >= 15 is 0 Å². The van der Waals surface area contributed by atoms with E-state index in [0.717, 1.165) is 44.8 Å². The minimum absolute atomic E-state index is 0. The summed E-state index contributed by atoms with van der Waals surface area (Å²) in [6, 6.07) is 0. The van der Waals surface area contributed by atoms with Crippen LogP contribution in [0.4, 0.5) is 0 Å². The van der Waals surface area contributed by atoms with Crippen molar-refractivity contribution >= 4 is 18.3 Å². The molecule has 4 heteroatoms. The second-order valence-electron chi connectivity index (χ2n) is 6.78. The van der Waals surface area contributed by atoms with Gasteiger partial charge in [-0.15, -0.1) is 12.4 Å². The van der Waals surface area contributed by atoms with E-state index in [1.54, 1.807) is 0 Å². The molecule has 0 unspecified atom stereocenters. The molecule has 0 aromatic carbocycles. The molecule has 1 N–H and O–H groups in total. The maximum atomic E-state index is 12.5. The molecule has 1 rings (SSSR count). The Balaban J connectivity index is 0.00000324. The first-order valence-electron chi connectivity index (χ1n) is 7.30. The average Bonchev–Trinajstić information content (AvgIpc) is 2.28. The minimum Gasteiger partial charge on any atom is -0.342 e. The topological polar surface area (TPSA) is 32.3 Å². The Morgan fingerprint density at radius 1 is 1.32 bits per heavy atom. The van der Waals surface area contributed by atoms with E-state index in [0.29, 0.717) is 11.8 Å². The lowest BCUT2D eigenvalue weighted by Crippen LogP contribution is -2.46. The number of halogens is 1. The van der Waals surface area contributed by atoms with Crippen LogP contribution in [0.5, 0.6) is 0 Å². The van der Waals surface area contributed by atoms with Crippen molar-refractivity contribution in [2.24, 2.45) is 17.3 Å². The molecule has 114 valence electrons. The van der Waals surface area contributed by atoms with Crippen LogP contribution in [0.15, 0.2) is 0 Å². The van der Waals surface area contributed by atoms with Gasteiger partial charge >= 0.3 is 0 Å². The normalized spacial score (nSPS) is 17.5. The van der Waals surface area contributed by atoms with Crippen LogP contribution in [0.2, 0.25) is 0 Å². The lowest BCUT2D eigenvalue weighted by molar-refractivity contribution is -0.142. The largest absolute Gasteiger partial charge is 0.342 e. The van der Waals surface area contributed by atoms with Crippen molar-refractivity contribution in [3.8, 4) is 0 Å². The Kier molecular flexibility index (Phi) is 7.99. The molecule has 0 aromatic heterocycles. The first kappa shape index (κ1) is 18.7. The summed E-state index contributed by atoms with van der Waals surface area (Å²) in [5, 5.41) is 3.23. The molecule has 1 heterocycles. The van der Waals surface area contributed by atoms with Crippen molar-refractivity contribution in [3.63, 3.8) is 0 Å². The fourth-order valence-electron chi connectivity index (χ4n) is 3.16. The molecule has 0 aromatic rings. The third kappa shape index (κ3) is 5.70. The highest BCUT2D eigenvalue weighted by atomic mass is 35.5. The number of nitrogens with zero attached hydrogens (tertiary/aromatic N) is 1. The first-order chi connectivity index (χ1) is 8.36. The van der Waals surface area contributed by atoms with Crippen LogP contribution in [-0.4, -0.2) is 37.5 Å². The molecule has 0 spiro atoms. The van der Waals surface area contributed by atoms with Crippen LogP contribution in [0.3, 0.4) is 0 Å². The maximum Gasteiger partial charge on any atom is 0.228 e. The van der Waals surface area contributed by atoms with E-state index in [2.05, 4.69) is 37.9 Å². The molecule has 0 bridgehead atoms. The lowest BCUT2D eigenvalue weighted by Gasteiger charge is -2.37. The van der Waals surface area contributed by atoms with Gasteiger partial charge in [0, 0.05) is 18.5 Å². The standard InChI is InChI=1S/C15H30N2O.ClH/c1-12(2)10-15(3,4)14(18)17-8-6-13(7-9-17)11-16-5;/h12-13,16H,6-11H2,1-5H3;1H. The summed E-state index contributed by atoms with van der Waals surface area (Å²) in [5.41, 5.74) is -0.204. The van der Waals surface area contributed by atoms with E-state index < -0.39 is 0 Å². The van der Waals surface area contributed by atoms with Gasteiger partial charge in [-0.25, -0.2) is 0 Å². The van der Waals surface area contributed by atoms with Crippen molar-refractivity contribution in [2.75, 3.05) is 26.7 Å². The predicted molar refractivity (Wildman–Crippen MR) is 83.7 cm³/mol. The first-order valence-corrected chi connectivity index (χ1v) is 7.30. The van der Waals surface area contributed by atoms with E-state index in [1.807, 2.05) is 7.05 Å². The number of nitrogens with one attached hydrogen (secondary N) is 1. The second-order valence-corrected chi connectivity index (χ2v) is 6.78. The van der Waals surface area contributed by atoms with Gasteiger partial charge in [0.05, 0.1) is 0 Å². The third-order valence-electron chi connectivity index (χ3n) is 3.89. The van der Waals surface area contributed by atoms with Crippen LogP contribution >= 0.6 is 12.4 Å². The number of hydrogen-bond donors (Lipinski definition) is 1. The molecule has 0 radical (unpaired) electrons. The molecule has 1 aliphatic heterocycles. The van der Waals surface area contributed by atoms with Gasteiger partial charge in [-0.05, 0) is 44.7 Å². The highest BCUT2D eigenvalue weighted by Gasteiger charge is 2.34. The molecule has 1 aliphatic rings. The average molecular weight is 291 g/mol. The monoisotopic (exact) mass is 290 g/mol. The molecule has 0 saturated carbocycles. The highest BCUT2D eigenvalue weighted by molar-refractivity contribution is 5.85. The molecule has 19 heavy (non-hydrogen) atoms. The number of likely N-dealkylation sites (tertiary alicyclic amines) is 1. The summed E-state index contributed by atoms with van der Waals surface area (Å²) in [6.45, 7) is 11.5. The lowest BCUT2D eigenvalue weighted by atomic mass is 9.82. The van der Waals surface area contributed by atoms with Gasteiger partial charge in [-0.3, -0.25) is 4.79 Å². The molecule has 1 amide bonds. The summed E-state index contributed by atoms with van der Waals surface area (Å²) in [4.78, 5) is 14.6. The number of piperidine rings is 1. The van der Waals surface area contributed by atoms with E-state index in [9.17, 15) is 4.79 Å². The van der Waals surface area contributed by atoms with Crippen molar-refractivity contribution < 1.29 is 4.79 Å². The van der Waals surface area contributed by atoms with Crippen molar-refractivity contribution in [3.05, 3.63) is 0 Å². The number of amides is 1. The van der Waals surface area contributed by atoms with Gasteiger partial charge in [-0.1, -0.05) is 27.7 Å². The summed E-state index contributed by atoms with van der Waals surface area (Å²) < 4.78 is 0. The molecular weight excluding hydrogens is 260 g/mol. The molecule has 0 atom stereocenters. The molecule has 1 fully saturated rings. The predicted octanol–water partition coefficient (Wildman–Crippen LogP) is 2.94. The number of carbonyl (C=O) groups excluding carboxylic acids is 1. The SMILES string of the molecule is CNCC1CCN(C(=O)C(C)(C)CC(C)C)CC1.Cl. The summed E-state index contributed by atoms with van der Waals surface area (Å²) in [5.74, 6) is 1.66. The Hall–Kier alpha value is -0.280. The van der Waals surface area contributed by atoms with E-state index in [-0.39, 0.29) is 17.8 Å². The molecule has 0 aliphatic carbocycles. The molecule has 1 saturated heterocycles.